The van der Waals surface area contributed by atoms with E-state index in [1.54, 1.807) is 0 Å². The second-order valence-electron chi connectivity index (χ2n) is 6.93. The highest BCUT2D eigenvalue weighted by Crippen LogP contribution is 2.38. The van der Waals surface area contributed by atoms with Gasteiger partial charge in [0.2, 0.25) is 0 Å². The van der Waals surface area contributed by atoms with Gasteiger partial charge < -0.3 is 15.0 Å². The highest BCUT2D eigenvalue weighted by atomic mass is 16.7. The Morgan fingerprint density at radius 3 is 1.95 bits per heavy atom. The molecule has 21 heavy (non-hydrogen) atoms. The predicted molar refractivity (Wildman–Crippen MR) is 89.0 cm³/mol. The molecule has 0 radical (unpaired) electrons. The zero-order valence-electron chi connectivity index (χ0n) is 14.0. The van der Waals surface area contributed by atoms with Gasteiger partial charge in [-0.3, -0.25) is 0 Å². The first-order valence-corrected chi connectivity index (χ1v) is 7.49. The molecule has 1 saturated heterocycles. The fraction of sp³-hybridized carbons (Fsp3) is 0.529. The van der Waals surface area contributed by atoms with Gasteiger partial charge in [0.15, 0.2) is 0 Å². The van der Waals surface area contributed by atoms with Crippen molar-refractivity contribution in [3.63, 3.8) is 0 Å². The molecule has 4 heteroatoms. The molecule has 3 nitrogen and oxygen atoms in total. The van der Waals surface area contributed by atoms with Gasteiger partial charge in [-0.1, -0.05) is 35.4 Å². The first kappa shape index (κ1) is 16.3. The Labute approximate surface area is 128 Å². The van der Waals surface area contributed by atoms with E-state index in [9.17, 15) is 0 Å². The van der Waals surface area contributed by atoms with Gasteiger partial charge in [0.05, 0.1) is 11.2 Å². The van der Waals surface area contributed by atoms with Crippen LogP contribution in [0.15, 0.2) is 23.7 Å². The molecule has 0 unspecified atom stereocenters. The molecular weight excluding hydrogens is 261 g/mol. The van der Waals surface area contributed by atoms with Crippen LogP contribution in [0.25, 0.3) is 6.08 Å². The van der Waals surface area contributed by atoms with Crippen LogP contribution in [0.2, 0.25) is 0 Å². The Morgan fingerprint density at radius 1 is 1.05 bits per heavy atom. The summed E-state index contributed by atoms with van der Waals surface area (Å²) in [5.74, 6) is 0. The van der Waals surface area contributed by atoms with Gasteiger partial charge in [-0.15, -0.1) is 0 Å². The lowest BCUT2D eigenvalue weighted by Crippen LogP contribution is -2.41. The number of benzene rings is 1. The second kappa shape index (κ2) is 5.60. The monoisotopic (exact) mass is 287 g/mol. The van der Waals surface area contributed by atoms with E-state index < -0.39 is 0 Å². The molecule has 1 fully saturated rings. The Bertz CT molecular complexity index is 528. The first-order chi connectivity index (χ1) is 9.64. The van der Waals surface area contributed by atoms with E-state index in [-0.39, 0.29) is 18.3 Å². The smallest absolute Gasteiger partial charge is 0.400 e. The summed E-state index contributed by atoms with van der Waals surface area (Å²) in [6.07, 6.45) is 2.09. The number of aryl methyl sites for hydroxylation is 2. The Kier molecular flexibility index (Phi) is 4.34. The van der Waals surface area contributed by atoms with Crippen molar-refractivity contribution in [3.05, 3.63) is 40.4 Å². The maximum absolute atomic E-state index is 6.08. The molecule has 0 atom stereocenters. The molecule has 1 aliphatic heterocycles. The molecule has 0 amide bonds. The average molecular weight is 287 g/mol. The average Bonchev–Trinajstić information content (AvgIpc) is 2.54. The van der Waals surface area contributed by atoms with Gasteiger partial charge in [-0.25, -0.2) is 0 Å². The molecule has 0 spiro atoms. The van der Waals surface area contributed by atoms with Crippen molar-refractivity contribution in [1.29, 1.82) is 0 Å². The van der Waals surface area contributed by atoms with E-state index in [1.807, 2.05) is 0 Å². The van der Waals surface area contributed by atoms with Gasteiger partial charge in [0.25, 0.3) is 0 Å². The molecule has 0 aliphatic carbocycles. The van der Waals surface area contributed by atoms with E-state index in [0.717, 1.165) is 11.0 Å². The number of rotatable bonds is 3. The molecule has 0 saturated carbocycles. The van der Waals surface area contributed by atoms with Crippen molar-refractivity contribution in [3.8, 4) is 0 Å². The first-order valence-electron chi connectivity index (χ1n) is 7.49. The third-order valence-electron chi connectivity index (χ3n) is 4.39. The van der Waals surface area contributed by atoms with E-state index in [2.05, 4.69) is 65.8 Å². The van der Waals surface area contributed by atoms with E-state index in [4.69, 9.17) is 15.0 Å². The van der Waals surface area contributed by atoms with Crippen molar-refractivity contribution >= 4 is 13.2 Å². The Balaban J connectivity index is 2.30. The molecule has 0 aromatic heterocycles. The van der Waals surface area contributed by atoms with Gasteiger partial charge in [-0.05, 0) is 52.6 Å². The number of hydrogen-bond acceptors (Lipinski definition) is 3. The highest BCUT2D eigenvalue weighted by Gasteiger charge is 2.52. The van der Waals surface area contributed by atoms with Crippen LogP contribution in [0, 0.1) is 13.8 Å². The second-order valence-corrected chi connectivity index (χ2v) is 6.93. The molecule has 0 bridgehead atoms. The van der Waals surface area contributed by atoms with Crippen molar-refractivity contribution in [2.24, 2.45) is 5.73 Å². The Hall–Kier alpha value is -1.10. The van der Waals surface area contributed by atoms with Crippen LogP contribution in [-0.4, -0.2) is 24.9 Å². The van der Waals surface area contributed by atoms with Crippen LogP contribution in [0.5, 0.6) is 0 Å². The molecule has 1 heterocycles. The molecule has 1 aromatic carbocycles. The number of hydrogen-bond donors (Lipinski definition) is 1. The number of nitrogens with two attached hydrogens (primary N) is 1. The zero-order valence-corrected chi connectivity index (χ0v) is 14.0. The van der Waals surface area contributed by atoms with Crippen LogP contribution in [0.3, 0.4) is 0 Å². The third-order valence-corrected chi connectivity index (χ3v) is 4.39. The molecule has 1 aliphatic rings. The summed E-state index contributed by atoms with van der Waals surface area (Å²) in [7, 11) is -0.374. The quantitative estimate of drug-likeness (QED) is 0.868. The lowest BCUT2D eigenvalue weighted by Gasteiger charge is -2.32. The van der Waals surface area contributed by atoms with Gasteiger partial charge in [0, 0.05) is 6.54 Å². The highest BCUT2D eigenvalue weighted by molar-refractivity contribution is 6.55. The minimum Gasteiger partial charge on any atom is -0.400 e. The molecule has 114 valence electrons. The maximum atomic E-state index is 6.08. The minimum absolute atomic E-state index is 0.339. The summed E-state index contributed by atoms with van der Waals surface area (Å²) >= 11 is 0. The summed E-state index contributed by atoms with van der Waals surface area (Å²) in [5.41, 5.74) is 9.84. The van der Waals surface area contributed by atoms with E-state index in [0.29, 0.717) is 6.54 Å². The van der Waals surface area contributed by atoms with Crippen molar-refractivity contribution in [2.75, 3.05) is 6.54 Å². The maximum Gasteiger partial charge on any atom is 0.491 e. The fourth-order valence-corrected chi connectivity index (χ4v) is 2.52. The van der Waals surface area contributed by atoms with Crippen LogP contribution in [-0.2, 0) is 9.31 Å². The summed E-state index contributed by atoms with van der Waals surface area (Å²) in [6, 6.07) is 6.45. The molecular formula is C17H26BNO2. The van der Waals surface area contributed by atoms with Crippen LogP contribution < -0.4 is 5.73 Å². The van der Waals surface area contributed by atoms with Crippen LogP contribution in [0.1, 0.15) is 44.4 Å². The lowest BCUT2D eigenvalue weighted by atomic mass is 9.77. The van der Waals surface area contributed by atoms with Crippen LogP contribution in [0.4, 0.5) is 0 Å². The van der Waals surface area contributed by atoms with Crippen molar-refractivity contribution in [2.45, 2.75) is 52.7 Å². The van der Waals surface area contributed by atoms with Gasteiger partial charge >= 0.3 is 7.12 Å². The SMILES string of the molecule is Cc1cc(C)cc(C=C(CN)B2OC(C)(C)C(C)(C)O2)c1. The topological polar surface area (TPSA) is 44.5 Å². The summed E-state index contributed by atoms with van der Waals surface area (Å²) in [6.45, 7) is 12.8. The van der Waals surface area contributed by atoms with Crippen molar-refractivity contribution in [1.82, 2.24) is 0 Å². The molecule has 1 aromatic rings. The lowest BCUT2D eigenvalue weighted by molar-refractivity contribution is 0.00578. The van der Waals surface area contributed by atoms with Crippen molar-refractivity contribution < 1.29 is 9.31 Å². The standard InChI is InChI=1S/C17H26BNO2/c1-12-7-13(2)9-14(8-12)10-15(11-19)18-20-16(3,4)17(5,6)21-18/h7-10H,11,19H2,1-6H3. The van der Waals surface area contributed by atoms with Gasteiger partial charge in [0.1, 0.15) is 0 Å². The third kappa shape index (κ3) is 3.39. The predicted octanol–water partition coefficient (Wildman–Crippen LogP) is 3.28. The van der Waals surface area contributed by atoms with E-state index >= 15 is 0 Å². The molecule has 2 rings (SSSR count). The molecule has 2 N–H and O–H groups in total. The van der Waals surface area contributed by atoms with Crippen LogP contribution >= 0.6 is 0 Å². The van der Waals surface area contributed by atoms with Gasteiger partial charge in [-0.2, -0.15) is 0 Å². The summed E-state index contributed by atoms with van der Waals surface area (Å²) in [5, 5.41) is 0. The minimum atomic E-state index is -0.374. The van der Waals surface area contributed by atoms with E-state index in [1.165, 1.54) is 11.1 Å². The summed E-state index contributed by atoms with van der Waals surface area (Å²) in [4.78, 5) is 0. The zero-order chi connectivity index (χ0) is 15.8. The normalized spacial score (nSPS) is 20.9. The Morgan fingerprint density at radius 2 is 1.52 bits per heavy atom. The summed E-state index contributed by atoms with van der Waals surface area (Å²) < 4.78 is 12.2. The fourth-order valence-electron chi connectivity index (χ4n) is 2.52. The largest absolute Gasteiger partial charge is 0.491 e.